The molecule has 1 fully saturated rings. The number of benzene rings is 1. The molecule has 130 valence electrons. The van der Waals surface area contributed by atoms with Crippen LogP contribution < -0.4 is 4.72 Å². The lowest BCUT2D eigenvalue weighted by atomic mass is 10.1. The Labute approximate surface area is 142 Å². The predicted molar refractivity (Wildman–Crippen MR) is 87.3 cm³/mol. The fourth-order valence-corrected chi connectivity index (χ4v) is 4.77. The van der Waals surface area contributed by atoms with Crippen molar-refractivity contribution in [2.24, 2.45) is 0 Å². The number of rotatable bonds is 6. The zero-order chi connectivity index (χ0) is 17.4. The highest BCUT2D eigenvalue weighted by Crippen LogP contribution is 2.49. The predicted octanol–water partition coefficient (Wildman–Crippen LogP) is 3.92. The van der Waals surface area contributed by atoms with E-state index in [2.05, 4.69) is 4.72 Å². The second-order valence-corrected chi connectivity index (χ2v) is 8.79. The van der Waals surface area contributed by atoms with Gasteiger partial charge in [-0.1, -0.05) is 18.2 Å². The SMILES string of the molecule is O=S(=O)(Cc1ccc(C(F)(F)F)cc1)NCC1(c2cccs2)CC1. The van der Waals surface area contributed by atoms with Crippen LogP contribution in [0, 0.1) is 0 Å². The molecule has 0 aliphatic heterocycles. The Morgan fingerprint density at radius 3 is 2.29 bits per heavy atom. The lowest BCUT2D eigenvalue weighted by Gasteiger charge is -2.15. The van der Waals surface area contributed by atoms with Gasteiger partial charge in [-0.3, -0.25) is 0 Å². The Hall–Kier alpha value is -1.38. The molecule has 2 aromatic rings. The maximum Gasteiger partial charge on any atom is 0.416 e. The van der Waals surface area contributed by atoms with Crippen LogP contribution in [0.3, 0.4) is 0 Å². The Morgan fingerprint density at radius 2 is 1.79 bits per heavy atom. The topological polar surface area (TPSA) is 46.2 Å². The number of hydrogen-bond acceptors (Lipinski definition) is 3. The zero-order valence-corrected chi connectivity index (χ0v) is 14.3. The van der Waals surface area contributed by atoms with Crippen LogP contribution in [-0.4, -0.2) is 15.0 Å². The number of thiophene rings is 1. The van der Waals surface area contributed by atoms with Crippen molar-refractivity contribution in [3.63, 3.8) is 0 Å². The lowest BCUT2D eigenvalue weighted by molar-refractivity contribution is -0.137. The van der Waals surface area contributed by atoms with Crippen LogP contribution in [0.1, 0.15) is 28.8 Å². The second kappa shape index (κ2) is 6.16. The van der Waals surface area contributed by atoms with Crippen LogP contribution in [0.5, 0.6) is 0 Å². The quantitative estimate of drug-likeness (QED) is 0.832. The summed E-state index contributed by atoms with van der Waals surface area (Å²) in [7, 11) is -3.59. The first-order chi connectivity index (χ1) is 11.2. The molecule has 0 unspecified atom stereocenters. The van der Waals surface area contributed by atoms with Gasteiger partial charge in [0.1, 0.15) is 0 Å². The summed E-state index contributed by atoms with van der Waals surface area (Å²) in [6, 6.07) is 8.15. The number of halogens is 3. The Bertz CT molecular complexity index is 793. The largest absolute Gasteiger partial charge is 0.416 e. The van der Waals surface area contributed by atoms with Gasteiger partial charge in [0.25, 0.3) is 0 Å². The molecular formula is C16H16F3NO2S2. The van der Waals surface area contributed by atoms with E-state index in [1.165, 1.54) is 17.0 Å². The monoisotopic (exact) mass is 375 g/mol. The molecule has 0 saturated heterocycles. The van der Waals surface area contributed by atoms with Crippen molar-refractivity contribution in [1.29, 1.82) is 0 Å². The van der Waals surface area contributed by atoms with E-state index in [-0.39, 0.29) is 11.2 Å². The standard InChI is InChI=1S/C16H16F3NO2S2/c17-16(18,19)13-5-3-12(4-6-13)10-24(21,22)20-11-15(7-8-15)14-2-1-9-23-14/h1-6,9,20H,7-8,10-11H2. The maximum atomic E-state index is 12.5. The maximum absolute atomic E-state index is 12.5. The first-order valence-corrected chi connectivity index (χ1v) is 9.91. The minimum Gasteiger partial charge on any atom is -0.214 e. The van der Waals surface area contributed by atoms with Crippen molar-refractivity contribution in [2.45, 2.75) is 30.2 Å². The molecule has 0 radical (unpaired) electrons. The molecule has 0 amide bonds. The summed E-state index contributed by atoms with van der Waals surface area (Å²) < 4.78 is 64.6. The summed E-state index contributed by atoms with van der Waals surface area (Å²) >= 11 is 1.61. The van der Waals surface area contributed by atoms with Gasteiger partial charge in [-0.05, 0) is 42.0 Å². The van der Waals surface area contributed by atoms with E-state index in [1.807, 2.05) is 17.5 Å². The molecule has 24 heavy (non-hydrogen) atoms. The molecule has 0 spiro atoms. The van der Waals surface area contributed by atoms with Crippen molar-refractivity contribution in [2.75, 3.05) is 6.54 Å². The molecule has 0 bridgehead atoms. The molecular weight excluding hydrogens is 359 g/mol. The van der Waals surface area contributed by atoms with Crippen LogP contribution in [-0.2, 0) is 27.4 Å². The molecule has 1 aliphatic carbocycles. The lowest BCUT2D eigenvalue weighted by Crippen LogP contribution is -2.32. The Morgan fingerprint density at radius 1 is 1.12 bits per heavy atom. The van der Waals surface area contributed by atoms with Crippen LogP contribution in [0.25, 0.3) is 0 Å². The van der Waals surface area contributed by atoms with Crippen molar-refractivity contribution in [3.05, 3.63) is 57.8 Å². The van der Waals surface area contributed by atoms with Gasteiger partial charge in [-0.15, -0.1) is 11.3 Å². The van der Waals surface area contributed by atoms with Gasteiger partial charge < -0.3 is 0 Å². The summed E-state index contributed by atoms with van der Waals surface area (Å²) in [6.45, 7) is 0.330. The first-order valence-electron chi connectivity index (χ1n) is 7.38. The Kier molecular flexibility index (Phi) is 4.48. The highest BCUT2D eigenvalue weighted by Gasteiger charge is 2.45. The van der Waals surface area contributed by atoms with E-state index in [0.717, 1.165) is 25.0 Å². The van der Waals surface area contributed by atoms with Crippen molar-refractivity contribution in [3.8, 4) is 0 Å². The van der Waals surface area contributed by atoms with Crippen molar-refractivity contribution in [1.82, 2.24) is 4.72 Å². The van der Waals surface area contributed by atoms with Crippen LogP contribution in [0.4, 0.5) is 13.2 Å². The van der Waals surface area contributed by atoms with Gasteiger partial charge in [-0.2, -0.15) is 13.2 Å². The van der Waals surface area contributed by atoms with Crippen molar-refractivity contribution >= 4 is 21.4 Å². The third-order valence-corrected chi connectivity index (χ3v) is 6.58. The molecule has 0 atom stereocenters. The molecule has 3 rings (SSSR count). The summed E-state index contributed by atoms with van der Waals surface area (Å²) in [5.74, 6) is -0.328. The third-order valence-electron chi connectivity index (χ3n) is 4.17. The van der Waals surface area contributed by atoms with E-state index in [9.17, 15) is 21.6 Å². The molecule has 8 heteroatoms. The van der Waals surface area contributed by atoms with Gasteiger partial charge in [-0.25, -0.2) is 13.1 Å². The van der Waals surface area contributed by atoms with Crippen LogP contribution >= 0.6 is 11.3 Å². The van der Waals surface area contributed by atoms with Gasteiger partial charge in [0.2, 0.25) is 10.0 Å². The molecule has 1 aromatic heterocycles. The van der Waals surface area contributed by atoms with Gasteiger partial charge in [0.15, 0.2) is 0 Å². The van der Waals surface area contributed by atoms with E-state index in [1.54, 1.807) is 11.3 Å². The van der Waals surface area contributed by atoms with Crippen molar-refractivity contribution < 1.29 is 21.6 Å². The first kappa shape index (κ1) is 17.4. The summed E-state index contributed by atoms with van der Waals surface area (Å²) in [4.78, 5) is 1.17. The second-order valence-electron chi connectivity index (χ2n) is 6.03. The Balaban J connectivity index is 1.62. The van der Waals surface area contributed by atoms with E-state index in [0.29, 0.717) is 12.1 Å². The molecule has 3 nitrogen and oxygen atoms in total. The highest BCUT2D eigenvalue weighted by molar-refractivity contribution is 7.88. The summed E-state index contributed by atoms with van der Waals surface area (Å²) in [5, 5.41) is 1.96. The smallest absolute Gasteiger partial charge is 0.214 e. The van der Waals surface area contributed by atoms with E-state index >= 15 is 0 Å². The molecule has 1 aliphatic rings. The van der Waals surface area contributed by atoms with Crippen LogP contribution in [0.2, 0.25) is 0 Å². The minimum absolute atomic E-state index is 0.110. The number of alkyl halides is 3. The minimum atomic E-state index is -4.42. The average Bonchev–Trinajstić information content (AvgIpc) is 3.08. The molecule has 1 saturated carbocycles. The van der Waals surface area contributed by atoms with Crippen LogP contribution in [0.15, 0.2) is 41.8 Å². The number of sulfonamides is 1. The third kappa shape index (κ3) is 3.99. The molecule has 1 heterocycles. The highest BCUT2D eigenvalue weighted by atomic mass is 32.2. The summed E-state index contributed by atoms with van der Waals surface area (Å²) in [6.07, 6.45) is -2.54. The normalized spacial score (nSPS) is 17.0. The summed E-state index contributed by atoms with van der Waals surface area (Å²) in [5.41, 5.74) is -0.566. The van der Waals surface area contributed by atoms with E-state index < -0.39 is 21.8 Å². The molecule has 1 aromatic carbocycles. The van der Waals surface area contributed by atoms with Gasteiger partial charge in [0.05, 0.1) is 11.3 Å². The fourth-order valence-electron chi connectivity index (χ4n) is 2.55. The fraction of sp³-hybridized carbons (Fsp3) is 0.375. The van der Waals surface area contributed by atoms with Gasteiger partial charge in [0, 0.05) is 16.8 Å². The average molecular weight is 375 g/mol. The number of hydrogen-bond donors (Lipinski definition) is 1. The number of nitrogens with one attached hydrogen (secondary N) is 1. The van der Waals surface area contributed by atoms with Gasteiger partial charge >= 0.3 is 6.18 Å². The van der Waals surface area contributed by atoms with E-state index in [4.69, 9.17) is 0 Å². The molecule has 1 N–H and O–H groups in total. The zero-order valence-electron chi connectivity index (χ0n) is 12.6.